The highest BCUT2D eigenvalue weighted by molar-refractivity contribution is 7.89. The topological polar surface area (TPSA) is 66.4 Å². The minimum absolute atomic E-state index is 0.0745. The average molecular weight is 318 g/mol. The lowest BCUT2D eigenvalue weighted by atomic mass is 10.0. The molecular formula is C14H20ClNO3S. The van der Waals surface area contributed by atoms with E-state index in [-0.39, 0.29) is 33.4 Å². The summed E-state index contributed by atoms with van der Waals surface area (Å²) >= 11 is 5.95. The summed E-state index contributed by atoms with van der Waals surface area (Å²) in [4.78, 5) is 0.123. The van der Waals surface area contributed by atoms with Crippen molar-refractivity contribution in [1.82, 2.24) is 4.72 Å². The lowest BCUT2D eigenvalue weighted by Crippen LogP contribution is -2.30. The second-order valence-electron chi connectivity index (χ2n) is 6.41. The summed E-state index contributed by atoms with van der Waals surface area (Å²) in [6.45, 7) is 7.96. The molecule has 1 aliphatic rings. The molecule has 1 saturated carbocycles. The van der Waals surface area contributed by atoms with Crippen LogP contribution in [-0.4, -0.2) is 19.6 Å². The maximum Gasteiger partial charge on any atom is 0.240 e. The van der Waals surface area contributed by atoms with Gasteiger partial charge in [-0.3, -0.25) is 0 Å². The molecule has 0 spiro atoms. The van der Waals surface area contributed by atoms with Crippen LogP contribution in [0.25, 0.3) is 0 Å². The van der Waals surface area contributed by atoms with Crippen LogP contribution in [0.2, 0.25) is 5.02 Å². The number of hydrogen-bond acceptors (Lipinski definition) is 3. The number of halogens is 1. The van der Waals surface area contributed by atoms with Crippen LogP contribution in [0.15, 0.2) is 23.1 Å². The molecule has 1 fully saturated rings. The van der Waals surface area contributed by atoms with Crippen LogP contribution in [0.4, 0.5) is 0 Å². The van der Waals surface area contributed by atoms with E-state index in [1.165, 1.54) is 18.2 Å². The van der Waals surface area contributed by atoms with Gasteiger partial charge in [-0.15, -0.1) is 0 Å². The van der Waals surface area contributed by atoms with E-state index in [0.29, 0.717) is 5.56 Å². The van der Waals surface area contributed by atoms with Gasteiger partial charge in [0.1, 0.15) is 0 Å². The van der Waals surface area contributed by atoms with E-state index in [9.17, 15) is 8.42 Å². The molecule has 0 atom stereocenters. The molecule has 6 heteroatoms. The Morgan fingerprint density at radius 3 is 2.20 bits per heavy atom. The van der Waals surface area contributed by atoms with Crippen molar-refractivity contribution in [3.8, 4) is 0 Å². The summed E-state index contributed by atoms with van der Waals surface area (Å²) in [6, 6.07) is 4.26. The van der Waals surface area contributed by atoms with Crippen LogP contribution in [0.1, 0.15) is 33.3 Å². The van der Waals surface area contributed by atoms with Crippen LogP contribution >= 0.6 is 11.6 Å². The Labute approximate surface area is 125 Å². The maximum atomic E-state index is 12.4. The molecule has 4 nitrogen and oxygen atoms in total. The third-order valence-electron chi connectivity index (χ3n) is 4.80. The molecule has 0 unspecified atom stereocenters. The molecule has 1 aromatic rings. The van der Waals surface area contributed by atoms with Gasteiger partial charge in [-0.1, -0.05) is 45.4 Å². The Kier molecular flexibility index (Phi) is 3.70. The Hall–Kier alpha value is -0.620. The highest BCUT2D eigenvalue weighted by Gasteiger charge is 2.66. The maximum absolute atomic E-state index is 12.4. The van der Waals surface area contributed by atoms with Gasteiger partial charge in [0.2, 0.25) is 10.0 Å². The van der Waals surface area contributed by atoms with Crippen LogP contribution in [0, 0.1) is 10.8 Å². The minimum Gasteiger partial charge on any atom is -0.392 e. The summed E-state index contributed by atoms with van der Waals surface area (Å²) in [5, 5.41) is 9.31. The van der Waals surface area contributed by atoms with E-state index < -0.39 is 10.0 Å². The fraction of sp³-hybridized carbons (Fsp3) is 0.571. The van der Waals surface area contributed by atoms with Crippen molar-refractivity contribution in [3.05, 3.63) is 28.8 Å². The second kappa shape index (κ2) is 4.70. The molecule has 0 radical (unpaired) electrons. The molecule has 0 aliphatic heterocycles. The van der Waals surface area contributed by atoms with E-state index >= 15 is 0 Å². The Bertz CT molecular complexity index is 624. The quantitative estimate of drug-likeness (QED) is 0.897. The van der Waals surface area contributed by atoms with E-state index in [1.54, 1.807) is 0 Å². The zero-order valence-corrected chi connectivity index (χ0v) is 13.6. The predicted octanol–water partition coefficient (Wildman–Crippen LogP) is 2.55. The van der Waals surface area contributed by atoms with Crippen molar-refractivity contribution in [2.75, 3.05) is 0 Å². The summed E-state index contributed by atoms with van der Waals surface area (Å²) in [5.41, 5.74) is 0.363. The van der Waals surface area contributed by atoms with Crippen LogP contribution in [0.5, 0.6) is 0 Å². The first kappa shape index (κ1) is 15.8. The molecule has 20 heavy (non-hydrogen) atoms. The molecule has 0 amide bonds. The number of hydrogen-bond donors (Lipinski definition) is 2. The molecule has 0 bridgehead atoms. The van der Waals surface area contributed by atoms with Gasteiger partial charge in [0.15, 0.2) is 0 Å². The number of rotatable bonds is 4. The molecule has 1 aromatic carbocycles. The van der Waals surface area contributed by atoms with Crippen LogP contribution in [-0.2, 0) is 16.6 Å². The first-order valence-corrected chi connectivity index (χ1v) is 8.32. The lowest BCUT2D eigenvalue weighted by Gasteiger charge is -2.10. The van der Waals surface area contributed by atoms with Crippen LogP contribution in [0.3, 0.4) is 0 Å². The molecular weight excluding hydrogens is 298 g/mol. The number of aliphatic hydroxyl groups excluding tert-OH is 1. The van der Waals surface area contributed by atoms with Crippen molar-refractivity contribution < 1.29 is 13.5 Å². The SMILES string of the molecule is CC1(C)C(NS(=O)(=O)c2ccc(CO)c(Cl)c2)C1(C)C. The van der Waals surface area contributed by atoms with E-state index in [1.807, 2.05) is 27.7 Å². The summed E-state index contributed by atoms with van der Waals surface area (Å²) in [6.07, 6.45) is 0. The van der Waals surface area contributed by atoms with E-state index in [0.717, 1.165) is 0 Å². The average Bonchev–Trinajstić information content (AvgIpc) is 2.71. The molecule has 112 valence electrons. The van der Waals surface area contributed by atoms with Gasteiger partial charge in [-0.05, 0) is 28.5 Å². The highest BCUT2D eigenvalue weighted by Crippen LogP contribution is 2.62. The van der Waals surface area contributed by atoms with Gasteiger partial charge in [0.05, 0.1) is 11.5 Å². The monoisotopic (exact) mass is 317 g/mol. The normalized spacial score (nSPS) is 20.9. The third kappa shape index (κ3) is 2.37. The minimum atomic E-state index is -3.60. The lowest BCUT2D eigenvalue weighted by molar-refractivity contribution is 0.282. The molecule has 0 saturated heterocycles. The van der Waals surface area contributed by atoms with Gasteiger partial charge >= 0.3 is 0 Å². The first-order valence-electron chi connectivity index (χ1n) is 6.45. The number of aliphatic hydroxyl groups is 1. The standard InChI is InChI=1S/C14H20ClNO3S/c1-13(2)12(14(13,3)4)16-20(18,19)10-6-5-9(8-17)11(15)7-10/h5-7,12,16-17H,8H2,1-4H3. The fourth-order valence-corrected chi connectivity index (χ4v) is 4.40. The molecule has 2 N–H and O–H groups in total. The number of benzene rings is 1. The number of nitrogens with one attached hydrogen (secondary N) is 1. The Morgan fingerprint density at radius 1 is 1.25 bits per heavy atom. The second-order valence-corrected chi connectivity index (χ2v) is 8.53. The Morgan fingerprint density at radius 2 is 1.80 bits per heavy atom. The van der Waals surface area contributed by atoms with Gasteiger partial charge < -0.3 is 5.11 Å². The number of sulfonamides is 1. The predicted molar refractivity (Wildman–Crippen MR) is 79.0 cm³/mol. The molecule has 0 heterocycles. The van der Waals surface area contributed by atoms with Gasteiger partial charge in [-0.2, -0.15) is 0 Å². The largest absolute Gasteiger partial charge is 0.392 e. The zero-order chi connectivity index (χ0) is 15.3. The molecule has 1 aliphatic carbocycles. The molecule has 0 aromatic heterocycles. The van der Waals surface area contributed by atoms with Gasteiger partial charge in [0, 0.05) is 11.1 Å². The van der Waals surface area contributed by atoms with Crippen molar-refractivity contribution in [1.29, 1.82) is 0 Å². The van der Waals surface area contributed by atoms with E-state index in [4.69, 9.17) is 16.7 Å². The van der Waals surface area contributed by atoms with Crippen LogP contribution < -0.4 is 4.72 Å². The summed E-state index contributed by atoms with van der Waals surface area (Å²) < 4.78 is 27.5. The van der Waals surface area contributed by atoms with Crippen molar-refractivity contribution in [2.45, 2.75) is 45.2 Å². The highest BCUT2D eigenvalue weighted by atomic mass is 35.5. The third-order valence-corrected chi connectivity index (χ3v) is 6.57. The van der Waals surface area contributed by atoms with Gasteiger partial charge in [-0.25, -0.2) is 13.1 Å². The van der Waals surface area contributed by atoms with Gasteiger partial charge in [0.25, 0.3) is 0 Å². The van der Waals surface area contributed by atoms with E-state index in [2.05, 4.69) is 4.72 Å². The zero-order valence-electron chi connectivity index (χ0n) is 12.1. The fourth-order valence-electron chi connectivity index (χ4n) is 2.54. The Balaban J connectivity index is 2.27. The summed E-state index contributed by atoms with van der Waals surface area (Å²) in [5.74, 6) is 0. The summed E-state index contributed by atoms with van der Waals surface area (Å²) in [7, 11) is -3.60. The van der Waals surface area contributed by atoms with Crippen molar-refractivity contribution in [2.24, 2.45) is 10.8 Å². The first-order chi connectivity index (χ1) is 9.04. The smallest absolute Gasteiger partial charge is 0.240 e. The van der Waals surface area contributed by atoms with Crippen molar-refractivity contribution >= 4 is 21.6 Å². The van der Waals surface area contributed by atoms with Crippen molar-refractivity contribution in [3.63, 3.8) is 0 Å². The molecule has 2 rings (SSSR count).